The van der Waals surface area contributed by atoms with Gasteiger partial charge in [0.2, 0.25) is 5.91 Å². The molecule has 0 unspecified atom stereocenters. The van der Waals surface area contributed by atoms with E-state index in [9.17, 15) is 4.79 Å². The van der Waals surface area contributed by atoms with Crippen LogP contribution < -0.4 is 5.32 Å². The van der Waals surface area contributed by atoms with Crippen LogP contribution in [0.2, 0.25) is 0 Å². The standard InChI is InChI=1S/C13H19NO/c1-5-11-7-6-8-12(9(2)3)13(11)14-10(4)15/h6-9H,5H2,1-4H3,(H,14,15). The first-order valence-electron chi connectivity index (χ1n) is 5.45. The minimum absolute atomic E-state index is 0.00204. The largest absolute Gasteiger partial charge is 0.326 e. The molecule has 0 aliphatic rings. The SMILES string of the molecule is CCc1cccc(C(C)C)c1NC(C)=O. The fourth-order valence-electron chi connectivity index (χ4n) is 1.72. The number of carbonyl (C=O) groups excluding carboxylic acids is 1. The van der Waals surface area contributed by atoms with E-state index in [0.29, 0.717) is 5.92 Å². The van der Waals surface area contributed by atoms with E-state index in [-0.39, 0.29) is 5.91 Å². The highest BCUT2D eigenvalue weighted by molar-refractivity contribution is 5.90. The fraction of sp³-hybridized carbons (Fsp3) is 0.462. The predicted molar refractivity (Wildman–Crippen MR) is 64.2 cm³/mol. The summed E-state index contributed by atoms with van der Waals surface area (Å²) in [6.45, 7) is 7.93. The fourth-order valence-corrected chi connectivity index (χ4v) is 1.72. The van der Waals surface area contributed by atoms with Crippen molar-refractivity contribution in [2.45, 2.75) is 40.0 Å². The predicted octanol–water partition coefficient (Wildman–Crippen LogP) is 3.33. The number of aryl methyl sites for hydroxylation is 1. The molecule has 2 heteroatoms. The van der Waals surface area contributed by atoms with Crippen molar-refractivity contribution in [1.82, 2.24) is 0 Å². The third-order valence-corrected chi connectivity index (χ3v) is 2.49. The monoisotopic (exact) mass is 205 g/mol. The van der Waals surface area contributed by atoms with Gasteiger partial charge < -0.3 is 5.32 Å². The average Bonchev–Trinajstić information content (AvgIpc) is 2.16. The van der Waals surface area contributed by atoms with Crippen molar-refractivity contribution >= 4 is 11.6 Å². The first-order chi connectivity index (χ1) is 7.06. The molecule has 1 N–H and O–H groups in total. The van der Waals surface area contributed by atoms with Crippen LogP contribution in [0.5, 0.6) is 0 Å². The average molecular weight is 205 g/mol. The van der Waals surface area contributed by atoms with Gasteiger partial charge >= 0.3 is 0 Å². The smallest absolute Gasteiger partial charge is 0.221 e. The van der Waals surface area contributed by atoms with Crippen molar-refractivity contribution in [3.63, 3.8) is 0 Å². The molecule has 82 valence electrons. The summed E-state index contributed by atoms with van der Waals surface area (Å²) < 4.78 is 0. The van der Waals surface area contributed by atoms with Crippen LogP contribution in [0, 0.1) is 0 Å². The zero-order valence-electron chi connectivity index (χ0n) is 9.92. The number of carbonyl (C=O) groups is 1. The maximum absolute atomic E-state index is 11.1. The number of nitrogens with one attached hydrogen (secondary N) is 1. The Labute approximate surface area is 91.7 Å². The Hall–Kier alpha value is -1.31. The molecule has 0 aromatic heterocycles. The number of para-hydroxylation sites is 1. The normalized spacial score (nSPS) is 10.5. The molecule has 0 radical (unpaired) electrons. The van der Waals surface area contributed by atoms with Crippen molar-refractivity contribution in [2.24, 2.45) is 0 Å². The van der Waals surface area contributed by atoms with Gasteiger partial charge in [0.05, 0.1) is 0 Å². The summed E-state index contributed by atoms with van der Waals surface area (Å²) in [6.07, 6.45) is 0.941. The summed E-state index contributed by atoms with van der Waals surface area (Å²) in [6, 6.07) is 6.20. The van der Waals surface area contributed by atoms with Gasteiger partial charge in [-0.25, -0.2) is 0 Å². The summed E-state index contributed by atoms with van der Waals surface area (Å²) in [5.41, 5.74) is 3.42. The summed E-state index contributed by atoms with van der Waals surface area (Å²) in [4.78, 5) is 11.1. The molecule has 0 atom stereocenters. The number of anilines is 1. The van der Waals surface area contributed by atoms with Crippen LogP contribution in [0.15, 0.2) is 18.2 Å². The van der Waals surface area contributed by atoms with Crippen LogP contribution in [0.3, 0.4) is 0 Å². The van der Waals surface area contributed by atoms with Crippen molar-refractivity contribution in [1.29, 1.82) is 0 Å². The Morgan fingerprint density at radius 2 is 2.07 bits per heavy atom. The second-order valence-corrected chi connectivity index (χ2v) is 4.07. The van der Waals surface area contributed by atoms with E-state index in [1.807, 2.05) is 0 Å². The molecule has 1 aromatic rings. The molecule has 1 rings (SSSR count). The Morgan fingerprint density at radius 3 is 2.53 bits per heavy atom. The highest BCUT2D eigenvalue weighted by Crippen LogP contribution is 2.28. The zero-order valence-corrected chi connectivity index (χ0v) is 9.92. The van der Waals surface area contributed by atoms with Crippen LogP contribution in [0.25, 0.3) is 0 Å². The van der Waals surface area contributed by atoms with Crippen LogP contribution >= 0.6 is 0 Å². The highest BCUT2D eigenvalue weighted by atomic mass is 16.1. The Kier molecular flexibility index (Phi) is 3.89. The van der Waals surface area contributed by atoms with Crippen molar-refractivity contribution in [2.75, 3.05) is 5.32 Å². The summed E-state index contributed by atoms with van der Waals surface area (Å²) in [5, 5.41) is 2.94. The lowest BCUT2D eigenvalue weighted by molar-refractivity contribution is -0.114. The van der Waals surface area contributed by atoms with E-state index in [1.54, 1.807) is 6.92 Å². The number of rotatable bonds is 3. The maximum atomic E-state index is 11.1. The molecule has 0 aliphatic carbocycles. The van der Waals surface area contributed by atoms with E-state index in [1.165, 1.54) is 11.1 Å². The molecule has 0 heterocycles. The molecule has 15 heavy (non-hydrogen) atoms. The second kappa shape index (κ2) is 4.96. The Morgan fingerprint density at radius 1 is 1.40 bits per heavy atom. The molecule has 0 fully saturated rings. The van der Waals surface area contributed by atoms with Crippen molar-refractivity contribution in [3.05, 3.63) is 29.3 Å². The Balaban J connectivity index is 3.20. The first kappa shape index (κ1) is 11.8. The quantitative estimate of drug-likeness (QED) is 0.805. The number of amides is 1. The number of hydrogen-bond donors (Lipinski definition) is 1. The van der Waals surface area contributed by atoms with Gasteiger partial charge in [-0.1, -0.05) is 39.0 Å². The molecular formula is C13H19NO. The molecule has 0 saturated heterocycles. The minimum Gasteiger partial charge on any atom is -0.326 e. The number of hydrogen-bond acceptors (Lipinski definition) is 1. The first-order valence-corrected chi connectivity index (χ1v) is 5.45. The molecule has 0 bridgehead atoms. The lowest BCUT2D eigenvalue weighted by Crippen LogP contribution is -2.11. The zero-order chi connectivity index (χ0) is 11.4. The van der Waals surface area contributed by atoms with Gasteiger partial charge in [-0.15, -0.1) is 0 Å². The van der Waals surface area contributed by atoms with E-state index in [0.717, 1.165) is 12.1 Å². The third kappa shape index (κ3) is 2.82. The lowest BCUT2D eigenvalue weighted by atomic mass is 9.96. The van der Waals surface area contributed by atoms with Gasteiger partial charge in [0.1, 0.15) is 0 Å². The molecule has 1 amide bonds. The van der Waals surface area contributed by atoms with Gasteiger partial charge in [-0.05, 0) is 23.5 Å². The summed E-state index contributed by atoms with van der Waals surface area (Å²) in [5.74, 6) is 0.427. The van der Waals surface area contributed by atoms with E-state index in [2.05, 4.69) is 44.3 Å². The van der Waals surface area contributed by atoms with Gasteiger partial charge in [-0.2, -0.15) is 0 Å². The molecule has 1 aromatic carbocycles. The van der Waals surface area contributed by atoms with Crippen molar-refractivity contribution in [3.8, 4) is 0 Å². The third-order valence-electron chi connectivity index (χ3n) is 2.49. The van der Waals surface area contributed by atoms with E-state index in [4.69, 9.17) is 0 Å². The van der Waals surface area contributed by atoms with Gasteiger partial charge in [0, 0.05) is 12.6 Å². The maximum Gasteiger partial charge on any atom is 0.221 e. The Bertz CT molecular complexity index is 356. The number of benzene rings is 1. The molecule has 0 aliphatic heterocycles. The molecule has 2 nitrogen and oxygen atoms in total. The second-order valence-electron chi connectivity index (χ2n) is 4.07. The van der Waals surface area contributed by atoms with Crippen LogP contribution in [-0.2, 0) is 11.2 Å². The van der Waals surface area contributed by atoms with E-state index >= 15 is 0 Å². The van der Waals surface area contributed by atoms with Gasteiger partial charge in [-0.3, -0.25) is 4.79 Å². The van der Waals surface area contributed by atoms with Gasteiger partial charge in [0.15, 0.2) is 0 Å². The van der Waals surface area contributed by atoms with Crippen molar-refractivity contribution < 1.29 is 4.79 Å². The summed E-state index contributed by atoms with van der Waals surface area (Å²) in [7, 11) is 0. The van der Waals surface area contributed by atoms with E-state index < -0.39 is 0 Å². The minimum atomic E-state index is -0.00204. The van der Waals surface area contributed by atoms with Crippen LogP contribution in [0.1, 0.15) is 44.7 Å². The molecule has 0 spiro atoms. The lowest BCUT2D eigenvalue weighted by Gasteiger charge is -2.16. The molecular weight excluding hydrogens is 186 g/mol. The highest BCUT2D eigenvalue weighted by Gasteiger charge is 2.10. The van der Waals surface area contributed by atoms with Crippen LogP contribution in [0.4, 0.5) is 5.69 Å². The van der Waals surface area contributed by atoms with Gasteiger partial charge in [0.25, 0.3) is 0 Å². The van der Waals surface area contributed by atoms with Crippen LogP contribution in [-0.4, -0.2) is 5.91 Å². The topological polar surface area (TPSA) is 29.1 Å². The molecule has 0 saturated carbocycles. The summed E-state index contributed by atoms with van der Waals surface area (Å²) >= 11 is 0.